The van der Waals surface area contributed by atoms with Gasteiger partial charge < -0.3 is 15.0 Å². The minimum Gasteiger partial charge on any atom is -0.387 e. The van der Waals surface area contributed by atoms with Gasteiger partial charge in [-0.05, 0) is 38.3 Å². The van der Waals surface area contributed by atoms with Crippen molar-refractivity contribution in [2.45, 2.75) is 19.4 Å². The summed E-state index contributed by atoms with van der Waals surface area (Å²) in [6.07, 6.45) is 1.92. The normalized spacial score (nSPS) is 14.1. The van der Waals surface area contributed by atoms with E-state index < -0.39 is 5.60 Å². The summed E-state index contributed by atoms with van der Waals surface area (Å²) in [6, 6.07) is 5.45. The molecule has 21 heavy (non-hydrogen) atoms. The van der Waals surface area contributed by atoms with Crippen molar-refractivity contribution in [3.8, 4) is 0 Å². The molecule has 0 aliphatic heterocycles. The van der Waals surface area contributed by atoms with E-state index in [1.54, 1.807) is 30.8 Å². The van der Waals surface area contributed by atoms with Gasteiger partial charge in [-0.2, -0.15) is 11.8 Å². The van der Waals surface area contributed by atoms with Gasteiger partial charge in [-0.15, -0.1) is 0 Å². The Labute approximate surface area is 128 Å². The average Bonchev–Trinajstić information content (AvgIpc) is 2.71. The molecule has 1 amide bonds. The molecule has 1 atom stereocenters. The van der Waals surface area contributed by atoms with Gasteiger partial charge in [-0.25, -0.2) is 4.98 Å². The number of amides is 1. The lowest BCUT2D eigenvalue weighted by Gasteiger charge is -2.22. The molecule has 1 aromatic carbocycles. The van der Waals surface area contributed by atoms with Crippen LogP contribution in [0.1, 0.15) is 23.1 Å². The van der Waals surface area contributed by atoms with E-state index in [1.807, 2.05) is 30.9 Å². The van der Waals surface area contributed by atoms with E-state index in [4.69, 9.17) is 0 Å². The zero-order chi connectivity index (χ0) is 15.6. The number of thioether (sulfide) groups is 1. The molecule has 5 nitrogen and oxygen atoms in total. The Bertz CT molecular complexity index is 664. The van der Waals surface area contributed by atoms with Gasteiger partial charge in [-0.3, -0.25) is 4.79 Å². The van der Waals surface area contributed by atoms with E-state index in [0.717, 1.165) is 16.9 Å². The fourth-order valence-electron chi connectivity index (χ4n) is 2.20. The molecule has 2 aromatic rings. The SMILES string of the molecule is CSCC(C)(O)CNC(=O)c1ccc2c(c1)nc(C)n2C. The molecule has 0 saturated carbocycles. The minimum atomic E-state index is -0.902. The number of nitrogens with one attached hydrogen (secondary N) is 1. The molecule has 0 spiro atoms. The number of fused-ring (bicyclic) bond motifs is 1. The van der Waals surface area contributed by atoms with Crippen molar-refractivity contribution in [2.75, 3.05) is 18.6 Å². The minimum absolute atomic E-state index is 0.193. The van der Waals surface area contributed by atoms with Gasteiger partial charge in [0, 0.05) is 24.9 Å². The Hall–Kier alpha value is -1.53. The van der Waals surface area contributed by atoms with Gasteiger partial charge in [0.25, 0.3) is 5.91 Å². The maximum Gasteiger partial charge on any atom is 0.251 e. The van der Waals surface area contributed by atoms with E-state index in [-0.39, 0.29) is 12.5 Å². The zero-order valence-corrected chi connectivity index (χ0v) is 13.6. The number of hydrogen-bond acceptors (Lipinski definition) is 4. The van der Waals surface area contributed by atoms with Crippen LogP contribution in [0, 0.1) is 6.92 Å². The molecular weight excluding hydrogens is 286 g/mol. The molecule has 1 heterocycles. The van der Waals surface area contributed by atoms with Crippen molar-refractivity contribution >= 4 is 28.7 Å². The van der Waals surface area contributed by atoms with Crippen molar-refractivity contribution in [1.29, 1.82) is 0 Å². The van der Waals surface area contributed by atoms with Crippen LogP contribution in [0.15, 0.2) is 18.2 Å². The number of aromatic nitrogens is 2. The smallest absolute Gasteiger partial charge is 0.251 e. The number of hydrogen-bond donors (Lipinski definition) is 2. The van der Waals surface area contributed by atoms with Crippen LogP contribution in [0.4, 0.5) is 0 Å². The quantitative estimate of drug-likeness (QED) is 0.883. The number of rotatable bonds is 5. The molecule has 0 saturated heterocycles. The number of carbonyl (C=O) groups is 1. The summed E-state index contributed by atoms with van der Waals surface area (Å²) >= 11 is 1.55. The molecule has 2 N–H and O–H groups in total. The molecule has 2 rings (SSSR count). The highest BCUT2D eigenvalue weighted by molar-refractivity contribution is 7.98. The van der Waals surface area contributed by atoms with Crippen LogP contribution in [0.3, 0.4) is 0 Å². The number of imidazole rings is 1. The Morgan fingerprint density at radius 3 is 2.90 bits per heavy atom. The first-order chi connectivity index (χ1) is 9.84. The number of aryl methyl sites for hydroxylation is 2. The van der Waals surface area contributed by atoms with Crippen LogP contribution in [0.2, 0.25) is 0 Å². The van der Waals surface area contributed by atoms with Crippen molar-refractivity contribution in [1.82, 2.24) is 14.9 Å². The van der Waals surface area contributed by atoms with Crippen LogP contribution in [0.5, 0.6) is 0 Å². The first-order valence-corrected chi connectivity index (χ1v) is 8.16. The summed E-state index contributed by atoms with van der Waals surface area (Å²) in [5.74, 6) is 1.29. The van der Waals surface area contributed by atoms with Crippen molar-refractivity contribution in [2.24, 2.45) is 7.05 Å². The first-order valence-electron chi connectivity index (χ1n) is 6.76. The summed E-state index contributed by atoms with van der Waals surface area (Å²) in [5, 5.41) is 12.8. The van der Waals surface area contributed by atoms with E-state index in [9.17, 15) is 9.90 Å². The summed E-state index contributed by atoms with van der Waals surface area (Å²) in [6.45, 7) is 3.88. The van der Waals surface area contributed by atoms with Crippen molar-refractivity contribution in [3.05, 3.63) is 29.6 Å². The largest absolute Gasteiger partial charge is 0.387 e. The number of benzene rings is 1. The van der Waals surface area contributed by atoms with E-state index >= 15 is 0 Å². The molecule has 0 radical (unpaired) electrons. The van der Waals surface area contributed by atoms with Crippen LogP contribution in [-0.2, 0) is 7.05 Å². The van der Waals surface area contributed by atoms with E-state index in [0.29, 0.717) is 11.3 Å². The topological polar surface area (TPSA) is 67.2 Å². The number of nitrogens with zero attached hydrogens (tertiary/aromatic N) is 2. The van der Waals surface area contributed by atoms with Gasteiger partial charge >= 0.3 is 0 Å². The summed E-state index contributed by atoms with van der Waals surface area (Å²) in [7, 11) is 1.95. The molecule has 0 aliphatic carbocycles. The van der Waals surface area contributed by atoms with Crippen LogP contribution in [0.25, 0.3) is 11.0 Å². The summed E-state index contributed by atoms with van der Waals surface area (Å²) in [5.41, 5.74) is 1.46. The lowest BCUT2D eigenvalue weighted by molar-refractivity contribution is 0.0725. The van der Waals surface area contributed by atoms with E-state index in [2.05, 4.69) is 10.3 Å². The standard InChI is InChI=1S/C15H21N3O2S/c1-10-17-12-7-11(5-6-13(12)18(10)3)14(19)16-8-15(2,20)9-21-4/h5-7,20H,8-9H2,1-4H3,(H,16,19). The monoisotopic (exact) mass is 307 g/mol. The summed E-state index contributed by atoms with van der Waals surface area (Å²) in [4.78, 5) is 16.6. The van der Waals surface area contributed by atoms with Crippen LogP contribution < -0.4 is 5.32 Å². The molecule has 0 fully saturated rings. The Balaban J connectivity index is 2.13. The van der Waals surface area contributed by atoms with Gasteiger partial charge in [0.1, 0.15) is 5.82 Å². The van der Waals surface area contributed by atoms with Gasteiger partial charge in [0.05, 0.1) is 16.6 Å². The molecule has 1 unspecified atom stereocenters. The maximum absolute atomic E-state index is 12.2. The predicted molar refractivity (Wildman–Crippen MR) is 86.8 cm³/mol. The Morgan fingerprint density at radius 2 is 2.24 bits per heavy atom. The highest BCUT2D eigenvalue weighted by Gasteiger charge is 2.21. The maximum atomic E-state index is 12.2. The fourth-order valence-corrected chi connectivity index (χ4v) is 2.92. The molecule has 0 bridgehead atoms. The average molecular weight is 307 g/mol. The second-order valence-electron chi connectivity index (χ2n) is 5.53. The molecular formula is C15H21N3O2S. The Kier molecular flexibility index (Phi) is 4.58. The second kappa shape index (κ2) is 6.07. The van der Waals surface area contributed by atoms with Gasteiger partial charge in [0.2, 0.25) is 0 Å². The van der Waals surface area contributed by atoms with Gasteiger partial charge in [0.15, 0.2) is 0 Å². The molecule has 6 heteroatoms. The number of carbonyl (C=O) groups excluding carboxylic acids is 1. The molecule has 114 valence electrons. The van der Waals surface area contributed by atoms with Crippen molar-refractivity contribution < 1.29 is 9.90 Å². The fraction of sp³-hybridized carbons (Fsp3) is 0.467. The highest BCUT2D eigenvalue weighted by atomic mass is 32.2. The third-order valence-corrected chi connectivity index (χ3v) is 4.36. The lowest BCUT2D eigenvalue weighted by atomic mass is 10.1. The zero-order valence-electron chi connectivity index (χ0n) is 12.8. The lowest BCUT2D eigenvalue weighted by Crippen LogP contribution is -2.42. The predicted octanol–water partition coefficient (Wildman–Crippen LogP) is 1.73. The third-order valence-electron chi connectivity index (χ3n) is 3.45. The second-order valence-corrected chi connectivity index (χ2v) is 6.40. The van der Waals surface area contributed by atoms with Crippen molar-refractivity contribution in [3.63, 3.8) is 0 Å². The van der Waals surface area contributed by atoms with Crippen LogP contribution in [-0.4, -0.2) is 44.7 Å². The third kappa shape index (κ3) is 3.57. The van der Waals surface area contributed by atoms with E-state index in [1.165, 1.54) is 0 Å². The number of aliphatic hydroxyl groups is 1. The van der Waals surface area contributed by atoms with Gasteiger partial charge in [-0.1, -0.05) is 0 Å². The Morgan fingerprint density at radius 1 is 1.52 bits per heavy atom. The van der Waals surface area contributed by atoms with Crippen LogP contribution >= 0.6 is 11.8 Å². The molecule has 0 aliphatic rings. The molecule has 1 aromatic heterocycles. The summed E-state index contributed by atoms with van der Waals surface area (Å²) < 4.78 is 1.99. The first kappa shape index (κ1) is 15.9. The highest BCUT2D eigenvalue weighted by Crippen LogP contribution is 2.16.